The first-order chi connectivity index (χ1) is 23.5. The van der Waals surface area contributed by atoms with E-state index in [1.807, 2.05) is 68.4 Å². The predicted octanol–water partition coefficient (Wildman–Crippen LogP) is 4.39. The molecule has 16 heteroatoms. The van der Waals surface area contributed by atoms with Crippen molar-refractivity contribution in [1.29, 1.82) is 0 Å². The van der Waals surface area contributed by atoms with Crippen LogP contribution in [0.4, 0.5) is 24.9 Å². The summed E-state index contributed by atoms with van der Waals surface area (Å²) in [5.41, 5.74) is 2.08. The summed E-state index contributed by atoms with van der Waals surface area (Å²) in [6.07, 6.45) is -8.91. The number of aliphatic hydroxyl groups excluding tert-OH is 1. The van der Waals surface area contributed by atoms with Gasteiger partial charge in [0.15, 0.2) is 41.2 Å². The van der Waals surface area contributed by atoms with Gasteiger partial charge in [-0.3, -0.25) is 4.57 Å². The lowest BCUT2D eigenvalue weighted by Crippen LogP contribution is -2.38. The standard InChI is InChI=1S/C33H35F3N8O5/c1-4-20-14-23(49-41-20)26-25(45)27(48-31(46)33(34,35)36)30(47-26)44-17-38-24-28(37-15-19-10-7-9-18-8-5-6-11-22(18)19)39-32(40-29(24)44)43-13-12-21(16-43)42(2)3/h5-11,14,17,21,25-27,30,45H,4,12-13,15-16H2,1-3H3,(H,37,39,40)/t21-,25-,26-,27-,30-/m1/s1. The van der Waals surface area contributed by atoms with E-state index in [9.17, 15) is 23.1 Å². The smallest absolute Gasteiger partial charge is 0.448 e. The summed E-state index contributed by atoms with van der Waals surface area (Å²) in [6.45, 7) is 3.54. The van der Waals surface area contributed by atoms with E-state index in [1.165, 1.54) is 17.0 Å². The SMILES string of the molecule is CCc1cc([C@H]2O[C@@H](n3cnc4c(NCc5cccc6ccccc56)nc(N5CC[C@@H](N(C)C)C5)nc43)[C@H](OC(=O)C(F)(F)F)[C@@H]2O)on1. The Balaban J connectivity index is 1.30. The van der Waals surface area contributed by atoms with E-state index in [0.717, 1.165) is 22.8 Å². The van der Waals surface area contributed by atoms with Crippen LogP contribution in [0, 0.1) is 0 Å². The van der Waals surface area contributed by atoms with Crippen molar-refractivity contribution in [3.8, 4) is 0 Å². The topological polar surface area (TPSA) is 144 Å². The minimum atomic E-state index is -5.31. The number of hydrogen-bond acceptors (Lipinski definition) is 12. The first-order valence-electron chi connectivity index (χ1n) is 15.9. The fourth-order valence-corrected chi connectivity index (χ4v) is 6.38. The van der Waals surface area contributed by atoms with Crippen molar-refractivity contribution in [2.45, 2.75) is 63.1 Å². The Hall–Kier alpha value is -4.80. The van der Waals surface area contributed by atoms with Gasteiger partial charge in [0.05, 0.1) is 12.0 Å². The Kier molecular flexibility index (Phi) is 8.62. The van der Waals surface area contributed by atoms with Crippen molar-refractivity contribution in [3.63, 3.8) is 0 Å². The summed E-state index contributed by atoms with van der Waals surface area (Å²) in [4.78, 5) is 30.5. The number of benzene rings is 2. The summed E-state index contributed by atoms with van der Waals surface area (Å²) in [5, 5.41) is 20.7. The third-order valence-electron chi connectivity index (χ3n) is 9.09. The number of nitrogens with one attached hydrogen (secondary N) is 1. The first kappa shape index (κ1) is 32.7. The van der Waals surface area contributed by atoms with E-state index < -0.39 is 36.7 Å². The van der Waals surface area contributed by atoms with Gasteiger partial charge in [0.2, 0.25) is 5.95 Å². The molecule has 5 aromatic rings. The van der Waals surface area contributed by atoms with Gasteiger partial charge < -0.3 is 34.2 Å². The van der Waals surface area contributed by atoms with Gasteiger partial charge >= 0.3 is 12.1 Å². The number of carbonyl (C=O) groups excluding carboxylic acids is 1. The number of esters is 1. The number of hydrogen-bond donors (Lipinski definition) is 2. The summed E-state index contributed by atoms with van der Waals surface area (Å²) in [5.74, 6) is -1.63. The van der Waals surface area contributed by atoms with Crippen LogP contribution in [0.25, 0.3) is 21.9 Å². The molecule has 2 aliphatic rings. The minimum absolute atomic E-state index is 0.0730. The number of rotatable bonds is 9. The van der Waals surface area contributed by atoms with Gasteiger partial charge in [-0.05, 0) is 43.3 Å². The molecular weight excluding hydrogens is 645 g/mol. The first-order valence-corrected chi connectivity index (χ1v) is 15.9. The molecule has 0 amide bonds. The molecule has 3 aromatic heterocycles. The zero-order chi connectivity index (χ0) is 34.4. The molecule has 2 aromatic carbocycles. The van der Waals surface area contributed by atoms with Crippen molar-refractivity contribution in [3.05, 3.63) is 71.9 Å². The van der Waals surface area contributed by atoms with Crippen molar-refractivity contribution in [1.82, 2.24) is 29.6 Å². The molecule has 258 valence electrons. The second-order valence-corrected chi connectivity index (χ2v) is 12.4. The monoisotopic (exact) mass is 680 g/mol. The molecule has 2 aliphatic heterocycles. The highest BCUT2D eigenvalue weighted by Crippen LogP contribution is 2.43. The van der Waals surface area contributed by atoms with Gasteiger partial charge in [-0.25, -0.2) is 9.78 Å². The largest absolute Gasteiger partial charge is 0.490 e. The Morgan fingerprint density at radius 3 is 2.69 bits per heavy atom. The van der Waals surface area contributed by atoms with E-state index in [0.29, 0.717) is 49.0 Å². The van der Waals surface area contributed by atoms with Crippen LogP contribution in [0.3, 0.4) is 0 Å². The molecule has 5 atom stereocenters. The third-order valence-corrected chi connectivity index (χ3v) is 9.09. The molecule has 0 spiro atoms. The number of aromatic nitrogens is 5. The highest BCUT2D eigenvalue weighted by Gasteiger charge is 2.53. The summed E-state index contributed by atoms with van der Waals surface area (Å²) in [6, 6.07) is 15.8. The number of carbonyl (C=O) groups is 1. The lowest BCUT2D eigenvalue weighted by Gasteiger charge is -2.23. The van der Waals surface area contributed by atoms with Crippen LogP contribution in [0.5, 0.6) is 0 Å². The number of ether oxygens (including phenoxy) is 2. The minimum Gasteiger partial charge on any atom is -0.448 e. The zero-order valence-electron chi connectivity index (χ0n) is 27.0. The number of anilines is 2. The van der Waals surface area contributed by atoms with Gasteiger partial charge in [0, 0.05) is 31.7 Å². The average Bonchev–Trinajstić information content (AvgIpc) is 3.90. The molecular formula is C33H35F3N8O5. The van der Waals surface area contributed by atoms with Crippen LogP contribution in [0.2, 0.25) is 0 Å². The number of imidazole rings is 1. The average molecular weight is 681 g/mol. The molecule has 0 radical (unpaired) electrons. The highest BCUT2D eigenvalue weighted by atomic mass is 19.4. The molecule has 2 saturated heterocycles. The zero-order valence-corrected chi connectivity index (χ0v) is 27.0. The van der Waals surface area contributed by atoms with Crippen molar-refractivity contribution in [2.24, 2.45) is 0 Å². The second kappa shape index (κ2) is 12.9. The van der Waals surface area contributed by atoms with E-state index in [2.05, 4.69) is 20.4 Å². The number of alkyl halides is 3. The number of aliphatic hydroxyl groups is 1. The second-order valence-electron chi connectivity index (χ2n) is 12.4. The van der Waals surface area contributed by atoms with E-state index in [4.69, 9.17) is 24.0 Å². The van der Waals surface area contributed by atoms with Crippen molar-refractivity contribution >= 4 is 39.7 Å². The Bertz CT molecular complexity index is 1980. The maximum Gasteiger partial charge on any atom is 0.490 e. The lowest BCUT2D eigenvalue weighted by atomic mass is 10.0. The van der Waals surface area contributed by atoms with Crippen LogP contribution < -0.4 is 10.2 Å². The molecule has 13 nitrogen and oxygen atoms in total. The summed E-state index contributed by atoms with van der Waals surface area (Å²) < 4.78 is 58.0. The van der Waals surface area contributed by atoms with E-state index in [-0.39, 0.29) is 17.4 Å². The Morgan fingerprint density at radius 1 is 1.16 bits per heavy atom. The fourth-order valence-electron chi connectivity index (χ4n) is 6.38. The molecule has 0 aliphatic carbocycles. The molecule has 7 rings (SSSR count). The number of aryl methyl sites for hydroxylation is 1. The van der Waals surface area contributed by atoms with Crippen LogP contribution in [0.15, 0.2) is 59.4 Å². The van der Waals surface area contributed by atoms with Gasteiger partial charge in [0.25, 0.3) is 0 Å². The normalized spacial score (nSPS) is 22.9. The maximum atomic E-state index is 13.4. The van der Waals surface area contributed by atoms with Gasteiger partial charge in [0.1, 0.15) is 6.10 Å². The molecule has 49 heavy (non-hydrogen) atoms. The van der Waals surface area contributed by atoms with Crippen LogP contribution in [0.1, 0.15) is 42.7 Å². The maximum absolute atomic E-state index is 13.4. The van der Waals surface area contributed by atoms with E-state index >= 15 is 0 Å². The molecule has 2 fully saturated rings. The van der Waals surface area contributed by atoms with Crippen LogP contribution >= 0.6 is 0 Å². The van der Waals surface area contributed by atoms with Gasteiger partial charge in [-0.15, -0.1) is 0 Å². The van der Waals surface area contributed by atoms with Crippen molar-refractivity contribution in [2.75, 3.05) is 37.4 Å². The molecule has 0 saturated carbocycles. The number of nitrogens with zero attached hydrogens (tertiary/aromatic N) is 7. The molecule has 5 heterocycles. The molecule has 2 N–H and O–H groups in total. The molecule has 0 bridgehead atoms. The third kappa shape index (κ3) is 6.26. The fraction of sp³-hybridized carbons (Fsp3) is 0.424. The number of halogens is 3. The Labute approximate surface area is 278 Å². The predicted molar refractivity (Wildman–Crippen MR) is 172 cm³/mol. The Morgan fingerprint density at radius 2 is 1.96 bits per heavy atom. The van der Waals surface area contributed by atoms with Crippen LogP contribution in [-0.4, -0.2) is 92.3 Å². The quantitative estimate of drug-likeness (QED) is 0.213. The van der Waals surface area contributed by atoms with Gasteiger partial charge in [-0.2, -0.15) is 23.1 Å². The highest BCUT2D eigenvalue weighted by molar-refractivity contribution is 5.87. The lowest BCUT2D eigenvalue weighted by molar-refractivity contribution is -0.211. The van der Waals surface area contributed by atoms with Gasteiger partial charge in [-0.1, -0.05) is 54.5 Å². The van der Waals surface area contributed by atoms with E-state index in [1.54, 1.807) is 0 Å². The number of likely N-dealkylation sites (N-methyl/N-ethyl adjacent to an activating group) is 1. The summed E-state index contributed by atoms with van der Waals surface area (Å²) >= 11 is 0. The number of fused-ring (bicyclic) bond motifs is 2. The van der Waals surface area contributed by atoms with Crippen molar-refractivity contribution < 1.29 is 37.1 Å². The van der Waals surface area contributed by atoms with Crippen LogP contribution in [-0.2, 0) is 27.2 Å². The summed E-state index contributed by atoms with van der Waals surface area (Å²) in [7, 11) is 4.01. The molecule has 0 unspecified atom stereocenters.